The van der Waals surface area contributed by atoms with Crippen molar-refractivity contribution in [2.24, 2.45) is 0 Å². The second kappa shape index (κ2) is 7.49. The van der Waals surface area contributed by atoms with Gasteiger partial charge in [0.2, 0.25) is 5.95 Å². The van der Waals surface area contributed by atoms with Crippen LogP contribution in [0.2, 0.25) is 5.02 Å². The molecule has 10 heteroatoms. The number of hydrogen-bond acceptors (Lipinski definition) is 4. The molecule has 0 spiro atoms. The number of aromatic nitrogens is 3. The molecule has 1 atom stereocenters. The Kier molecular flexibility index (Phi) is 4.98. The molecular weight excluding hydrogens is 419 g/mol. The average Bonchev–Trinajstić information content (AvgIpc) is 3.16. The monoisotopic (exact) mass is 433 g/mol. The fraction of sp³-hybridized carbons (Fsp3) is 0.150. The van der Waals surface area contributed by atoms with Crippen LogP contribution >= 0.6 is 11.6 Å². The second-order valence-corrected chi connectivity index (χ2v) is 7.11. The summed E-state index contributed by atoms with van der Waals surface area (Å²) >= 11 is 5.88. The van der Waals surface area contributed by atoms with Gasteiger partial charge in [0.05, 0.1) is 11.1 Å². The summed E-state index contributed by atoms with van der Waals surface area (Å²) in [5.41, 5.74) is 1.05. The maximum absolute atomic E-state index is 13.1. The Labute approximate surface area is 174 Å². The first-order valence-electron chi connectivity index (χ1n) is 8.85. The molecule has 0 unspecified atom stereocenters. The normalized spacial score (nSPS) is 16.1. The van der Waals surface area contributed by atoms with Crippen molar-refractivity contribution < 1.29 is 18.0 Å². The number of hydrogen-bond donors (Lipinski definition) is 2. The van der Waals surface area contributed by atoms with Crippen LogP contribution < -0.4 is 10.6 Å². The van der Waals surface area contributed by atoms with Crippen molar-refractivity contribution in [1.29, 1.82) is 0 Å². The first-order valence-corrected chi connectivity index (χ1v) is 9.23. The van der Waals surface area contributed by atoms with Crippen molar-refractivity contribution in [2.45, 2.75) is 19.1 Å². The third-order valence-corrected chi connectivity index (χ3v) is 4.95. The summed E-state index contributed by atoms with van der Waals surface area (Å²) in [6.07, 6.45) is -3.14. The number of carbonyl (C=O) groups is 1. The standard InChI is InChI=1S/C20H15ClF3N5O/c1-11-16(18(30)28-15-8-6-14(21)7-9-15)17(29-19(27-11)25-10-26-29)12-2-4-13(5-3-12)20(22,23)24/h2-10,17H,1H3,(H,28,30)(H,25,26,27)/t17-/m1/s1. The number of halogens is 4. The molecule has 0 saturated heterocycles. The van der Waals surface area contributed by atoms with Gasteiger partial charge in [0, 0.05) is 16.4 Å². The zero-order valence-electron chi connectivity index (χ0n) is 15.5. The number of anilines is 2. The maximum Gasteiger partial charge on any atom is 0.416 e. The summed E-state index contributed by atoms with van der Waals surface area (Å²) < 4.78 is 40.4. The lowest BCUT2D eigenvalue weighted by Gasteiger charge is -2.29. The number of alkyl halides is 3. The summed E-state index contributed by atoms with van der Waals surface area (Å²) in [4.78, 5) is 17.2. The summed E-state index contributed by atoms with van der Waals surface area (Å²) in [5, 5.41) is 10.5. The van der Waals surface area contributed by atoms with E-state index in [1.807, 2.05) is 0 Å². The third-order valence-electron chi connectivity index (χ3n) is 4.69. The van der Waals surface area contributed by atoms with Crippen molar-refractivity contribution in [3.63, 3.8) is 0 Å². The van der Waals surface area contributed by atoms with Crippen LogP contribution in [0, 0.1) is 0 Å². The van der Waals surface area contributed by atoms with Gasteiger partial charge in [-0.15, -0.1) is 0 Å². The summed E-state index contributed by atoms with van der Waals surface area (Å²) in [5.74, 6) is -0.0335. The van der Waals surface area contributed by atoms with E-state index in [4.69, 9.17) is 11.6 Å². The van der Waals surface area contributed by atoms with Crippen LogP contribution in [0.1, 0.15) is 24.1 Å². The van der Waals surface area contributed by atoms with Gasteiger partial charge >= 0.3 is 6.18 Å². The molecule has 2 heterocycles. The summed E-state index contributed by atoms with van der Waals surface area (Å²) in [7, 11) is 0. The van der Waals surface area contributed by atoms with Crippen LogP contribution in [0.5, 0.6) is 0 Å². The largest absolute Gasteiger partial charge is 0.416 e. The number of allylic oxidation sites excluding steroid dienone is 1. The van der Waals surface area contributed by atoms with Crippen molar-refractivity contribution in [1.82, 2.24) is 14.8 Å². The molecular formula is C20H15ClF3N5O. The van der Waals surface area contributed by atoms with Gasteiger partial charge in [-0.3, -0.25) is 4.79 Å². The molecule has 6 nitrogen and oxygen atoms in total. The van der Waals surface area contributed by atoms with E-state index in [-0.39, 0.29) is 0 Å². The number of fused-ring (bicyclic) bond motifs is 1. The van der Waals surface area contributed by atoms with E-state index >= 15 is 0 Å². The predicted octanol–water partition coefficient (Wildman–Crippen LogP) is 4.88. The van der Waals surface area contributed by atoms with E-state index in [1.165, 1.54) is 23.1 Å². The van der Waals surface area contributed by atoms with E-state index in [2.05, 4.69) is 20.7 Å². The lowest BCUT2D eigenvalue weighted by Crippen LogP contribution is -2.31. The highest BCUT2D eigenvalue weighted by atomic mass is 35.5. The quantitative estimate of drug-likeness (QED) is 0.617. The molecule has 154 valence electrons. The topological polar surface area (TPSA) is 71.8 Å². The lowest BCUT2D eigenvalue weighted by atomic mass is 9.94. The smallest absolute Gasteiger partial charge is 0.328 e. The number of rotatable bonds is 3. The van der Waals surface area contributed by atoms with E-state index in [9.17, 15) is 18.0 Å². The van der Waals surface area contributed by atoms with Gasteiger partial charge in [-0.05, 0) is 48.9 Å². The second-order valence-electron chi connectivity index (χ2n) is 6.68. The van der Waals surface area contributed by atoms with Crippen LogP contribution in [0.25, 0.3) is 0 Å². The highest BCUT2D eigenvalue weighted by Gasteiger charge is 2.35. The summed E-state index contributed by atoms with van der Waals surface area (Å²) in [6, 6.07) is 10.5. The molecule has 1 aromatic heterocycles. The fourth-order valence-corrected chi connectivity index (χ4v) is 3.41. The van der Waals surface area contributed by atoms with Gasteiger partial charge in [0.1, 0.15) is 12.4 Å². The SMILES string of the molecule is CC1=C(C(=O)Nc2ccc(Cl)cc2)[C@@H](c2ccc(C(F)(F)F)cc2)n2ncnc2N1. The molecule has 1 aliphatic heterocycles. The first kappa shape index (κ1) is 20.0. The lowest BCUT2D eigenvalue weighted by molar-refractivity contribution is -0.137. The van der Waals surface area contributed by atoms with Crippen LogP contribution in [-0.2, 0) is 11.0 Å². The molecule has 0 saturated carbocycles. The number of benzene rings is 2. The van der Waals surface area contributed by atoms with Gasteiger partial charge in [-0.1, -0.05) is 23.7 Å². The van der Waals surface area contributed by atoms with Crippen LogP contribution in [-0.4, -0.2) is 20.7 Å². The van der Waals surface area contributed by atoms with E-state index < -0.39 is 23.7 Å². The first-order chi connectivity index (χ1) is 14.2. The molecule has 0 fully saturated rings. The van der Waals surface area contributed by atoms with Crippen molar-refractivity contribution >= 4 is 29.1 Å². The van der Waals surface area contributed by atoms with Gasteiger partial charge in [-0.25, -0.2) is 4.68 Å². The molecule has 0 radical (unpaired) electrons. The van der Waals surface area contributed by atoms with Gasteiger partial charge < -0.3 is 10.6 Å². The van der Waals surface area contributed by atoms with Crippen molar-refractivity contribution in [3.8, 4) is 0 Å². The van der Waals surface area contributed by atoms with Crippen molar-refractivity contribution in [3.05, 3.63) is 82.3 Å². The Morgan fingerprint density at radius 2 is 1.80 bits per heavy atom. The van der Waals surface area contributed by atoms with E-state index in [0.717, 1.165) is 12.1 Å². The van der Waals surface area contributed by atoms with E-state index in [1.54, 1.807) is 31.2 Å². The number of nitrogens with zero attached hydrogens (tertiary/aromatic N) is 3. The summed E-state index contributed by atoms with van der Waals surface area (Å²) in [6.45, 7) is 1.70. The number of nitrogens with one attached hydrogen (secondary N) is 2. The molecule has 0 bridgehead atoms. The highest BCUT2D eigenvalue weighted by Crippen LogP contribution is 2.37. The zero-order chi connectivity index (χ0) is 21.5. The van der Waals surface area contributed by atoms with Crippen LogP contribution in [0.3, 0.4) is 0 Å². The number of carbonyl (C=O) groups excluding carboxylic acids is 1. The minimum atomic E-state index is -4.45. The zero-order valence-corrected chi connectivity index (χ0v) is 16.3. The minimum Gasteiger partial charge on any atom is -0.328 e. The Balaban J connectivity index is 1.73. The molecule has 3 aromatic rings. The van der Waals surface area contributed by atoms with Crippen LogP contribution in [0.4, 0.5) is 24.8 Å². The Bertz CT molecular complexity index is 1120. The molecule has 1 amide bonds. The molecule has 0 aliphatic carbocycles. The molecule has 2 N–H and O–H groups in total. The highest BCUT2D eigenvalue weighted by molar-refractivity contribution is 6.30. The Hall–Kier alpha value is -3.33. The van der Waals surface area contributed by atoms with Gasteiger partial charge in [0.25, 0.3) is 5.91 Å². The Morgan fingerprint density at radius 1 is 1.13 bits per heavy atom. The molecule has 4 rings (SSSR count). The minimum absolute atomic E-state index is 0.308. The van der Waals surface area contributed by atoms with Crippen LogP contribution in [0.15, 0.2) is 66.1 Å². The Morgan fingerprint density at radius 3 is 2.43 bits per heavy atom. The maximum atomic E-state index is 13.1. The predicted molar refractivity (Wildman–Crippen MR) is 106 cm³/mol. The third kappa shape index (κ3) is 3.76. The van der Waals surface area contributed by atoms with Gasteiger partial charge in [0.15, 0.2) is 0 Å². The fourth-order valence-electron chi connectivity index (χ4n) is 3.28. The molecule has 1 aliphatic rings. The van der Waals surface area contributed by atoms with Crippen molar-refractivity contribution in [2.75, 3.05) is 10.6 Å². The van der Waals surface area contributed by atoms with E-state index in [0.29, 0.717) is 33.5 Å². The van der Waals surface area contributed by atoms with Gasteiger partial charge in [-0.2, -0.15) is 23.3 Å². The molecule has 30 heavy (non-hydrogen) atoms. The molecule has 2 aromatic carbocycles. The average molecular weight is 434 g/mol. The number of amides is 1.